The van der Waals surface area contributed by atoms with Gasteiger partial charge in [-0.1, -0.05) is 0 Å². The molecule has 22 heavy (non-hydrogen) atoms. The molecular formula is C15H24N4O3. The van der Waals surface area contributed by atoms with Crippen LogP contribution in [-0.2, 0) is 11.3 Å². The topological polar surface area (TPSA) is 79.1 Å². The Morgan fingerprint density at radius 2 is 2.23 bits per heavy atom. The van der Waals surface area contributed by atoms with Crippen molar-refractivity contribution in [2.75, 3.05) is 20.1 Å². The summed E-state index contributed by atoms with van der Waals surface area (Å²) >= 11 is 0. The van der Waals surface area contributed by atoms with Gasteiger partial charge in [-0.3, -0.25) is 4.99 Å². The number of nitrogens with one attached hydrogen (secondary N) is 2. The molecule has 1 aromatic heterocycles. The maximum absolute atomic E-state index is 11.8. The van der Waals surface area contributed by atoms with Crippen LogP contribution in [0.1, 0.15) is 26.5 Å². The Labute approximate surface area is 130 Å². The summed E-state index contributed by atoms with van der Waals surface area (Å²) in [5, 5.41) is 6.42. The quantitative estimate of drug-likeness (QED) is 0.654. The third-order valence-electron chi connectivity index (χ3n) is 3.11. The van der Waals surface area contributed by atoms with Crippen LogP contribution in [0.4, 0.5) is 4.79 Å². The SMILES string of the molecule is CN=C(NCc1ccco1)NC1CN(C(=O)OC(C)(C)C)C1. The molecule has 2 rings (SSSR count). The Kier molecular flexibility index (Phi) is 4.95. The number of hydrogen-bond acceptors (Lipinski definition) is 4. The summed E-state index contributed by atoms with van der Waals surface area (Å²) < 4.78 is 10.6. The molecule has 7 nitrogen and oxygen atoms in total. The Balaban J connectivity index is 1.70. The number of aliphatic imine (C=N–C) groups is 1. The fourth-order valence-electron chi connectivity index (χ4n) is 2.02. The summed E-state index contributed by atoms with van der Waals surface area (Å²) in [6.07, 6.45) is 1.36. The fraction of sp³-hybridized carbons (Fsp3) is 0.600. The van der Waals surface area contributed by atoms with Crippen molar-refractivity contribution >= 4 is 12.1 Å². The van der Waals surface area contributed by atoms with E-state index in [4.69, 9.17) is 9.15 Å². The second-order valence-electron chi connectivity index (χ2n) is 6.23. The minimum absolute atomic E-state index is 0.176. The monoisotopic (exact) mass is 308 g/mol. The van der Waals surface area contributed by atoms with Crippen LogP contribution in [0.25, 0.3) is 0 Å². The first kappa shape index (κ1) is 16.2. The maximum Gasteiger partial charge on any atom is 0.410 e. The van der Waals surface area contributed by atoms with Crippen molar-refractivity contribution in [1.82, 2.24) is 15.5 Å². The molecular weight excluding hydrogens is 284 g/mol. The van der Waals surface area contributed by atoms with Crippen molar-refractivity contribution < 1.29 is 13.9 Å². The van der Waals surface area contributed by atoms with E-state index < -0.39 is 5.60 Å². The molecule has 2 heterocycles. The fourth-order valence-corrected chi connectivity index (χ4v) is 2.02. The number of amides is 1. The first-order valence-corrected chi connectivity index (χ1v) is 7.35. The highest BCUT2D eigenvalue weighted by Gasteiger charge is 2.34. The van der Waals surface area contributed by atoms with Gasteiger partial charge in [0.15, 0.2) is 5.96 Å². The largest absolute Gasteiger partial charge is 0.467 e. The summed E-state index contributed by atoms with van der Waals surface area (Å²) in [6, 6.07) is 3.92. The molecule has 1 aliphatic rings. The van der Waals surface area contributed by atoms with E-state index >= 15 is 0 Å². The van der Waals surface area contributed by atoms with Crippen LogP contribution in [0.2, 0.25) is 0 Å². The van der Waals surface area contributed by atoms with E-state index in [2.05, 4.69) is 15.6 Å². The summed E-state index contributed by atoms with van der Waals surface area (Å²) in [5.74, 6) is 1.53. The lowest BCUT2D eigenvalue weighted by molar-refractivity contribution is 0.00701. The summed E-state index contributed by atoms with van der Waals surface area (Å²) in [7, 11) is 1.71. The molecule has 0 radical (unpaired) electrons. The molecule has 1 aromatic rings. The van der Waals surface area contributed by atoms with Crippen molar-refractivity contribution in [2.45, 2.75) is 39.0 Å². The molecule has 0 aliphatic carbocycles. The van der Waals surface area contributed by atoms with Crippen LogP contribution >= 0.6 is 0 Å². The number of carbonyl (C=O) groups is 1. The summed E-state index contributed by atoms with van der Waals surface area (Å²) in [4.78, 5) is 17.7. The highest BCUT2D eigenvalue weighted by Crippen LogP contribution is 2.15. The predicted molar refractivity (Wildman–Crippen MR) is 83.6 cm³/mol. The number of guanidine groups is 1. The van der Waals surface area contributed by atoms with Crippen LogP contribution < -0.4 is 10.6 Å². The lowest BCUT2D eigenvalue weighted by Gasteiger charge is -2.40. The van der Waals surface area contributed by atoms with Gasteiger partial charge in [0.1, 0.15) is 11.4 Å². The normalized spacial score (nSPS) is 16.2. The number of nitrogens with zero attached hydrogens (tertiary/aromatic N) is 2. The Morgan fingerprint density at radius 1 is 1.50 bits per heavy atom. The van der Waals surface area contributed by atoms with Gasteiger partial charge in [0.05, 0.1) is 18.8 Å². The minimum atomic E-state index is -0.462. The smallest absolute Gasteiger partial charge is 0.410 e. The first-order valence-electron chi connectivity index (χ1n) is 7.35. The van der Waals surface area contributed by atoms with Gasteiger partial charge in [-0.25, -0.2) is 4.79 Å². The number of rotatable bonds is 3. The number of carbonyl (C=O) groups excluding carboxylic acids is 1. The van der Waals surface area contributed by atoms with Gasteiger partial charge in [-0.05, 0) is 32.9 Å². The Hall–Kier alpha value is -2.18. The van der Waals surface area contributed by atoms with Gasteiger partial charge in [-0.15, -0.1) is 0 Å². The zero-order valence-corrected chi connectivity index (χ0v) is 13.5. The van der Waals surface area contributed by atoms with E-state index in [1.165, 1.54) is 0 Å². The van der Waals surface area contributed by atoms with Gasteiger partial charge in [0, 0.05) is 20.1 Å². The Bertz CT molecular complexity index is 513. The van der Waals surface area contributed by atoms with Crippen molar-refractivity contribution in [3.63, 3.8) is 0 Å². The van der Waals surface area contributed by atoms with Crippen molar-refractivity contribution in [3.8, 4) is 0 Å². The van der Waals surface area contributed by atoms with E-state index in [0.29, 0.717) is 25.6 Å². The zero-order chi connectivity index (χ0) is 16.2. The van der Waals surface area contributed by atoms with Crippen LogP contribution in [0.15, 0.2) is 27.8 Å². The average molecular weight is 308 g/mol. The highest BCUT2D eigenvalue weighted by atomic mass is 16.6. The molecule has 0 atom stereocenters. The average Bonchev–Trinajstić information content (AvgIpc) is 2.87. The number of furan rings is 1. The summed E-state index contributed by atoms with van der Waals surface area (Å²) in [5.41, 5.74) is -0.462. The van der Waals surface area contributed by atoms with Crippen molar-refractivity contribution in [1.29, 1.82) is 0 Å². The van der Waals surface area contributed by atoms with Crippen LogP contribution in [0, 0.1) is 0 Å². The van der Waals surface area contributed by atoms with Crippen LogP contribution in [0.5, 0.6) is 0 Å². The van der Waals surface area contributed by atoms with E-state index in [9.17, 15) is 4.79 Å². The van der Waals surface area contributed by atoms with Gasteiger partial charge < -0.3 is 24.7 Å². The molecule has 0 aromatic carbocycles. The first-order chi connectivity index (χ1) is 10.4. The third kappa shape index (κ3) is 4.68. The second-order valence-corrected chi connectivity index (χ2v) is 6.23. The van der Waals surface area contributed by atoms with E-state index in [0.717, 1.165) is 5.76 Å². The Morgan fingerprint density at radius 3 is 2.77 bits per heavy atom. The lowest BCUT2D eigenvalue weighted by Crippen LogP contribution is -2.63. The molecule has 0 saturated carbocycles. The van der Waals surface area contributed by atoms with Gasteiger partial charge in [0.2, 0.25) is 0 Å². The van der Waals surface area contributed by atoms with E-state index in [1.54, 1.807) is 18.2 Å². The molecule has 2 N–H and O–H groups in total. The van der Waals surface area contributed by atoms with E-state index in [-0.39, 0.29) is 12.1 Å². The molecule has 122 valence electrons. The standard InChI is InChI=1S/C15H24N4O3/c1-15(2,3)22-14(20)19-9-11(10-19)18-13(16-4)17-8-12-6-5-7-21-12/h5-7,11H,8-10H2,1-4H3,(H2,16,17,18). The van der Waals surface area contributed by atoms with Crippen LogP contribution in [-0.4, -0.2) is 48.7 Å². The van der Waals surface area contributed by atoms with Crippen LogP contribution in [0.3, 0.4) is 0 Å². The number of likely N-dealkylation sites (tertiary alicyclic amines) is 1. The number of hydrogen-bond donors (Lipinski definition) is 2. The van der Waals surface area contributed by atoms with E-state index in [1.807, 2.05) is 32.9 Å². The van der Waals surface area contributed by atoms with Crippen molar-refractivity contribution in [3.05, 3.63) is 24.2 Å². The predicted octanol–water partition coefficient (Wildman–Crippen LogP) is 1.56. The molecule has 7 heteroatoms. The number of ether oxygens (including phenoxy) is 1. The second kappa shape index (κ2) is 6.72. The highest BCUT2D eigenvalue weighted by molar-refractivity contribution is 5.80. The molecule has 0 bridgehead atoms. The molecule has 1 amide bonds. The summed E-state index contributed by atoms with van der Waals surface area (Å²) in [6.45, 7) is 7.37. The zero-order valence-electron chi connectivity index (χ0n) is 13.5. The van der Waals surface area contributed by atoms with Crippen molar-refractivity contribution in [2.24, 2.45) is 4.99 Å². The minimum Gasteiger partial charge on any atom is -0.467 e. The molecule has 1 saturated heterocycles. The van der Waals surface area contributed by atoms with Gasteiger partial charge in [0.25, 0.3) is 0 Å². The van der Waals surface area contributed by atoms with Gasteiger partial charge >= 0.3 is 6.09 Å². The molecule has 0 unspecified atom stereocenters. The van der Waals surface area contributed by atoms with Gasteiger partial charge in [-0.2, -0.15) is 0 Å². The molecule has 0 spiro atoms. The maximum atomic E-state index is 11.8. The third-order valence-corrected chi connectivity index (χ3v) is 3.11. The molecule has 1 fully saturated rings. The lowest BCUT2D eigenvalue weighted by atomic mass is 10.1. The molecule has 1 aliphatic heterocycles.